The summed E-state index contributed by atoms with van der Waals surface area (Å²) >= 11 is 0. The van der Waals surface area contributed by atoms with Crippen molar-refractivity contribution < 1.29 is 24.5 Å². The highest BCUT2D eigenvalue weighted by atomic mass is 16.5. The van der Waals surface area contributed by atoms with Gasteiger partial charge in [-0.3, -0.25) is 9.59 Å². The largest absolute Gasteiger partial charge is 0.508 e. The summed E-state index contributed by atoms with van der Waals surface area (Å²) in [4.78, 5) is 22.6. The molecule has 0 aliphatic heterocycles. The van der Waals surface area contributed by atoms with Crippen molar-refractivity contribution in [2.24, 2.45) is 0 Å². The number of Topliss-reactive ketones (excluding diaryl/α,β-unsaturated/α-hetero) is 1. The maximum absolute atomic E-state index is 11.6. The molecule has 1 aliphatic carbocycles. The van der Waals surface area contributed by atoms with Gasteiger partial charge in [0.1, 0.15) is 5.76 Å². The minimum atomic E-state index is -1.11. The number of aliphatic hydroxyl groups excluding tert-OH is 2. The molecule has 0 bridgehead atoms. The van der Waals surface area contributed by atoms with Crippen molar-refractivity contribution in [3.8, 4) is 0 Å². The number of ketones is 1. The molecular formula is C15H22O5. The highest BCUT2D eigenvalue weighted by Gasteiger charge is 2.35. The van der Waals surface area contributed by atoms with Crippen LogP contribution < -0.4 is 0 Å². The topological polar surface area (TPSA) is 83.8 Å². The van der Waals surface area contributed by atoms with E-state index in [1.807, 2.05) is 0 Å². The fourth-order valence-corrected chi connectivity index (χ4v) is 2.13. The third-order valence-electron chi connectivity index (χ3n) is 3.13. The SMILES string of the molecule is CCCCCC/C=C(/O)C1=C(OC(C)=O)C(=O)C[C@@H]1O. The van der Waals surface area contributed by atoms with E-state index in [9.17, 15) is 19.8 Å². The quantitative estimate of drug-likeness (QED) is 0.426. The molecule has 0 amide bonds. The van der Waals surface area contributed by atoms with E-state index in [4.69, 9.17) is 4.74 Å². The molecule has 0 saturated carbocycles. The van der Waals surface area contributed by atoms with Crippen molar-refractivity contribution in [1.29, 1.82) is 0 Å². The van der Waals surface area contributed by atoms with Gasteiger partial charge in [0, 0.05) is 13.3 Å². The molecule has 1 aliphatic rings. The highest BCUT2D eigenvalue weighted by molar-refractivity contribution is 6.00. The number of carbonyl (C=O) groups is 2. The zero-order valence-electron chi connectivity index (χ0n) is 12.0. The van der Waals surface area contributed by atoms with E-state index in [0.717, 1.165) is 25.7 Å². The molecule has 0 aromatic rings. The predicted molar refractivity (Wildman–Crippen MR) is 73.9 cm³/mol. The fourth-order valence-electron chi connectivity index (χ4n) is 2.13. The van der Waals surface area contributed by atoms with E-state index in [0.29, 0.717) is 6.42 Å². The van der Waals surface area contributed by atoms with Gasteiger partial charge in [-0.2, -0.15) is 0 Å². The summed E-state index contributed by atoms with van der Waals surface area (Å²) in [6.45, 7) is 3.29. The molecule has 20 heavy (non-hydrogen) atoms. The van der Waals surface area contributed by atoms with Gasteiger partial charge in [-0.05, 0) is 18.9 Å². The van der Waals surface area contributed by atoms with E-state index in [2.05, 4.69) is 6.92 Å². The number of aliphatic hydroxyl groups is 2. The van der Waals surface area contributed by atoms with Crippen LogP contribution in [0, 0.1) is 0 Å². The van der Waals surface area contributed by atoms with Gasteiger partial charge in [-0.1, -0.05) is 26.2 Å². The Bertz CT molecular complexity index is 434. The fraction of sp³-hybridized carbons (Fsp3) is 0.600. The van der Waals surface area contributed by atoms with Crippen molar-refractivity contribution in [3.63, 3.8) is 0 Å². The second kappa shape index (κ2) is 7.85. The van der Waals surface area contributed by atoms with Gasteiger partial charge in [0.25, 0.3) is 0 Å². The first-order valence-electron chi connectivity index (χ1n) is 7.00. The first-order valence-corrected chi connectivity index (χ1v) is 7.00. The summed E-state index contributed by atoms with van der Waals surface area (Å²) < 4.78 is 4.80. The number of esters is 1. The van der Waals surface area contributed by atoms with Crippen LogP contribution in [0.15, 0.2) is 23.2 Å². The summed E-state index contributed by atoms with van der Waals surface area (Å²) in [6.07, 6.45) is 5.21. The monoisotopic (exact) mass is 282 g/mol. The second-order valence-electron chi connectivity index (χ2n) is 4.92. The van der Waals surface area contributed by atoms with Crippen LogP contribution >= 0.6 is 0 Å². The lowest BCUT2D eigenvalue weighted by molar-refractivity contribution is -0.140. The first kappa shape index (κ1) is 16.4. The molecule has 0 fully saturated rings. The van der Waals surface area contributed by atoms with Gasteiger partial charge in [0.05, 0.1) is 11.7 Å². The van der Waals surface area contributed by atoms with Gasteiger partial charge in [-0.15, -0.1) is 0 Å². The van der Waals surface area contributed by atoms with Gasteiger partial charge < -0.3 is 14.9 Å². The van der Waals surface area contributed by atoms with Crippen LogP contribution in [-0.2, 0) is 14.3 Å². The Morgan fingerprint density at radius 3 is 2.70 bits per heavy atom. The molecule has 0 saturated heterocycles. The van der Waals surface area contributed by atoms with Gasteiger partial charge in [0.2, 0.25) is 5.78 Å². The molecule has 0 aromatic carbocycles. The zero-order valence-corrected chi connectivity index (χ0v) is 12.0. The Labute approximate surface area is 118 Å². The Kier molecular flexibility index (Phi) is 6.45. The Balaban J connectivity index is 2.77. The molecule has 0 unspecified atom stereocenters. The Morgan fingerprint density at radius 2 is 2.10 bits per heavy atom. The van der Waals surface area contributed by atoms with Crippen molar-refractivity contribution in [1.82, 2.24) is 0 Å². The number of rotatable bonds is 7. The molecule has 1 atom stereocenters. The zero-order chi connectivity index (χ0) is 15.1. The number of carbonyl (C=O) groups excluding carboxylic acids is 2. The predicted octanol–water partition coefficient (Wildman–Crippen LogP) is 2.55. The maximum atomic E-state index is 11.6. The molecular weight excluding hydrogens is 260 g/mol. The van der Waals surface area contributed by atoms with Gasteiger partial charge in [0.15, 0.2) is 5.76 Å². The van der Waals surface area contributed by atoms with Crippen molar-refractivity contribution in [2.45, 2.75) is 58.5 Å². The van der Waals surface area contributed by atoms with E-state index < -0.39 is 17.9 Å². The summed E-state index contributed by atoms with van der Waals surface area (Å²) in [5.74, 6) is -1.51. The standard InChI is InChI=1S/C15H22O5/c1-3-4-5-6-7-8-11(17)14-12(18)9-13(19)15(14)20-10(2)16/h8,12,17-18H,3-7,9H2,1-2H3/b11-8+/t12-/m0/s1. The third kappa shape index (κ3) is 4.49. The van der Waals surface area contributed by atoms with E-state index in [-0.39, 0.29) is 23.5 Å². The molecule has 0 heterocycles. The normalized spacial score (nSPS) is 19.6. The molecule has 2 N–H and O–H groups in total. The minimum absolute atomic E-state index is 0.0284. The lowest BCUT2D eigenvalue weighted by Crippen LogP contribution is -2.09. The number of unbranched alkanes of at least 4 members (excludes halogenated alkanes) is 4. The van der Waals surface area contributed by atoms with E-state index in [1.54, 1.807) is 6.08 Å². The van der Waals surface area contributed by atoms with E-state index in [1.165, 1.54) is 6.92 Å². The van der Waals surface area contributed by atoms with Crippen LogP contribution in [0.1, 0.15) is 52.4 Å². The van der Waals surface area contributed by atoms with Crippen molar-refractivity contribution >= 4 is 11.8 Å². The lowest BCUT2D eigenvalue weighted by Gasteiger charge is -2.08. The summed E-state index contributed by atoms with van der Waals surface area (Å²) in [5.41, 5.74) is 0.0284. The summed E-state index contributed by atoms with van der Waals surface area (Å²) in [6, 6.07) is 0. The van der Waals surface area contributed by atoms with Gasteiger partial charge in [-0.25, -0.2) is 0 Å². The van der Waals surface area contributed by atoms with E-state index >= 15 is 0 Å². The highest BCUT2D eigenvalue weighted by Crippen LogP contribution is 2.29. The van der Waals surface area contributed by atoms with Crippen LogP contribution in [0.25, 0.3) is 0 Å². The number of ether oxygens (including phenoxy) is 1. The molecule has 112 valence electrons. The Hall–Kier alpha value is -1.62. The van der Waals surface area contributed by atoms with Crippen LogP contribution in [0.4, 0.5) is 0 Å². The molecule has 0 spiro atoms. The van der Waals surface area contributed by atoms with Crippen LogP contribution in [0.3, 0.4) is 0 Å². The van der Waals surface area contributed by atoms with Crippen LogP contribution in [0.5, 0.6) is 0 Å². The minimum Gasteiger partial charge on any atom is -0.508 e. The summed E-state index contributed by atoms with van der Waals surface area (Å²) in [5, 5.41) is 19.8. The molecule has 5 nitrogen and oxygen atoms in total. The summed E-state index contributed by atoms with van der Waals surface area (Å²) in [7, 11) is 0. The molecule has 0 aromatic heterocycles. The number of hydrogen-bond acceptors (Lipinski definition) is 5. The lowest BCUT2D eigenvalue weighted by atomic mass is 10.1. The number of allylic oxidation sites excluding steroid dienone is 2. The van der Waals surface area contributed by atoms with Crippen LogP contribution in [0.2, 0.25) is 0 Å². The van der Waals surface area contributed by atoms with Crippen molar-refractivity contribution in [3.05, 3.63) is 23.2 Å². The maximum Gasteiger partial charge on any atom is 0.308 e. The second-order valence-corrected chi connectivity index (χ2v) is 4.92. The molecule has 0 radical (unpaired) electrons. The average Bonchev–Trinajstić information content (AvgIpc) is 2.63. The average molecular weight is 282 g/mol. The first-order chi connectivity index (χ1) is 9.47. The smallest absolute Gasteiger partial charge is 0.308 e. The number of hydrogen-bond donors (Lipinski definition) is 2. The van der Waals surface area contributed by atoms with Gasteiger partial charge >= 0.3 is 5.97 Å². The Morgan fingerprint density at radius 1 is 1.40 bits per heavy atom. The van der Waals surface area contributed by atoms with Crippen molar-refractivity contribution in [2.75, 3.05) is 0 Å². The third-order valence-corrected chi connectivity index (χ3v) is 3.13. The molecule has 5 heteroatoms. The van der Waals surface area contributed by atoms with Crippen LogP contribution in [-0.4, -0.2) is 28.1 Å². The molecule has 1 rings (SSSR count).